The number of imidazole rings is 1. The van der Waals surface area contributed by atoms with Crippen LogP contribution in [0.1, 0.15) is 33.4 Å². The second-order valence-corrected chi connectivity index (χ2v) is 8.53. The van der Waals surface area contributed by atoms with Crippen molar-refractivity contribution in [1.29, 1.82) is 0 Å². The first kappa shape index (κ1) is 20.1. The number of hydrogen-bond acceptors (Lipinski definition) is 4. The van der Waals surface area contributed by atoms with E-state index < -0.39 is 6.04 Å². The van der Waals surface area contributed by atoms with Crippen LogP contribution in [0.4, 0.5) is 5.69 Å². The first-order chi connectivity index (χ1) is 16.6. The average Bonchev–Trinajstić information content (AvgIpc) is 3.42. The van der Waals surface area contributed by atoms with Gasteiger partial charge in [0, 0.05) is 23.4 Å². The smallest absolute Gasteiger partial charge is 0.255 e. The van der Waals surface area contributed by atoms with Gasteiger partial charge in [-0.3, -0.25) is 4.79 Å². The predicted octanol–water partition coefficient (Wildman–Crippen LogP) is 5.26. The number of nitrogens with one attached hydrogen (secondary N) is 1. The zero-order chi connectivity index (χ0) is 23.2. The van der Waals surface area contributed by atoms with E-state index in [0.29, 0.717) is 29.2 Å². The maximum atomic E-state index is 13.7. The summed E-state index contributed by atoms with van der Waals surface area (Å²) in [6, 6.07) is 27.9. The van der Waals surface area contributed by atoms with Gasteiger partial charge in [-0.05, 0) is 53.1 Å². The van der Waals surface area contributed by atoms with Gasteiger partial charge in [0.15, 0.2) is 0 Å². The third-order valence-corrected chi connectivity index (χ3v) is 6.40. The highest BCUT2D eigenvalue weighted by Gasteiger charge is 2.37. The van der Waals surface area contributed by atoms with Gasteiger partial charge in [-0.15, -0.1) is 0 Å². The molecule has 34 heavy (non-hydrogen) atoms. The fraction of sp³-hybridized carbons (Fsp3) is 0.0714. The summed E-state index contributed by atoms with van der Waals surface area (Å²) in [4.78, 5) is 23.6. The first-order valence-corrected chi connectivity index (χ1v) is 11.1. The highest BCUT2D eigenvalue weighted by atomic mass is 16.3. The number of phenols is 1. The van der Waals surface area contributed by atoms with E-state index in [4.69, 9.17) is 10.7 Å². The Kier molecular flexibility index (Phi) is 4.59. The average molecular weight is 447 g/mol. The number of rotatable bonds is 4. The number of aromatic amines is 1. The van der Waals surface area contributed by atoms with Crippen LogP contribution in [-0.4, -0.2) is 25.9 Å². The zero-order valence-electron chi connectivity index (χ0n) is 18.3. The molecule has 166 valence electrons. The molecule has 1 unspecified atom stereocenters. The number of H-pyrrole nitrogens is 1. The molecule has 1 aliphatic rings. The molecule has 1 amide bonds. The molecule has 5 aromatic rings. The molecule has 6 rings (SSSR count). The minimum Gasteiger partial charge on any atom is -0.508 e. The van der Waals surface area contributed by atoms with Gasteiger partial charge < -0.3 is 20.7 Å². The van der Waals surface area contributed by atoms with Gasteiger partial charge in [-0.1, -0.05) is 54.6 Å². The monoisotopic (exact) mass is 446 g/mol. The molecule has 1 aliphatic heterocycles. The van der Waals surface area contributed by atoms with Crippen LogP contribution >= 0.6 is 0 Å². The number of amides is 1. The summed E-state index contributed by atoms with van der Waals surface area (Å²) in [7, 11) is 0. The van der Waals surface area contributed by atoms with Crippen LogP contribution in [0.5, 0.6) is 5.75 Å². The van der Waals surface area contributed by atoms with E-state index in [0.717, 1.165) is 27.7 Å². The summed E-state index contributed by atoms with van der Waals surface area (Å²) in [6.45, 7) is 0.423. The molecule has 4 N–H and O–H groups in total. The quantitative estimate of drug-likeness (QED) is 0.328. The SMILES string of the molecule is Nc1ccc(-c2ccc3c(c2)C(=O)N(C(c2nc4ccccc4[nH]2)c2ccccc2O)C3)cc1. The van der Waals surface area contributed by atoms with Gasteiger partial charge in [-0.2, -0.15) is 0 Å². The predicted molar refractivity (Wildman–Crippen MR) is 132 cm³/mol. The normalized spacial score (nSPS) is 13.9. The molecule has 0 fully saturated rings. The Morgan fingerprint density at radius 3 is 2.44 bits per heavy atom. The highest BCUT2D eigenvalue weighted by molar-refractivity contribution is 6.00. The Bertz CT molecular complexity index is 1510. The zero-order valence-corrected chi connectivity index (χ0v) is 18.3. The van der Waals surface area contributed by atoms with Crippen LogP contribution < -0.4 is 5.73 Å². The molecule has 2 heterocycles. The first-order valence-electron chi connectivity index (χ1n) is 11.1. The Morgan fingerprint density at radius 2 is 1.65 bits per heavy atom. The van der Waals surface area contributed by atoms with E-state index in [1.165, 1.54) is 0 Å². The summed E-state index contributed by atoms with van der Waals surface area (Å²) < 4.78 is 0. The van der Waals surface area contributed by atoms with Crippen molar-refractivity contribution >= 4 is 22.6 Å². The minimum absolute atomic E-state index is 0.0963. The van der Waals surface area contributed by atoms with E-state index in [1.54, 1.807) is 17.0 Å². The molecule has 0 aliphatic carbocycles. The summed E-state index contributed by atoms with van der Waals surface area (Å²) in [5.74, 6) is 0.642. The van der Waals surface area contributed by atoms with Gasteiger partial charge in [0.1, 0.15) is 17.6 Å². The summed E-state index contributed by atoms with van der Waals surface area (Å²) in [5, 5.41) is 10.7. The van der Waals surface area contributed by atoms with Crippen molar-refractivity contribution in [3.05, 3.63) is 114 Å². The molecule has 0 saturated carbocycles. The molecule has 4 aromatic carbocycles. The number of aromatic nitrogens is 2. The summed E-state index contributed by atoms with van der Waals surface area (Å²) in [5.41, 5.74) is 12.4. The highest BCUT2D eigenvalue weighted by Crippen LogP contribution is 2.39. The molecular formula is C28H22N4O2. The lowest BCUT2D eigenvalue weighted by molar-refractivity contribution is 0.0724. The van der Waals surface area contributed by atoms with E-state index in [-0.39, 0.29) is 11.7 Å². The number of carbonyl (C=O) groups is 1. The number of nitrogen functional groups attached to an aromatic ring is 1. The lowest BCUT2D eigenvalue weighted by Crippen LogP contribution is -2.30. The standard InChI is InChI=1S/C28H22N4O2/c29-20-13-11-17(12-14-20)18-9-10-19-16-32(28(34)22(19)15-18)26(21-5-1-4-8-25(21)33)27-30-23-6-2-3-7-24(23)31-27/h1-15,26,33H,16,29H2,(H,30,31). The van der Waals surface area contributed by atoms with E-state index in [2.05, 4.69) is 4.98 Å². The third-order valence-electron chi connectivity index (χ3n) is 6.40. The molecule has 6 nitrogen and oxygen atoms in total. The maximum absolute atomic E-state index is 13.7. The van der Waals surface area contributed by atoms with Crippen LogP contribution in [0.3, 0.4) is 0 Å². The number of fused-ring (bicyclic) bond motifs is 2. The fourth-order valence-electron chi connectivity index (χ4n) is 4.67. The van der Waals surface area contributed by atoms with Gasteiger partial charge >= 0.3 is 0 Å². The van der Waals surface area contributed by atoms with Crippen LogP contribution in [-0.2, 0) is 6.54 Å². The summed E-state index contributed by atoms with van der Waals surface area (Å²) in [6.07, 6.45) is 0. The van der Waals surface area contributed by atoms with Crippen LogP contribution in [0.25, 0.3) is 22.2 Å². The molecule has 0 saturated heterocycles. The third kappa shape index (κ3) is 3.28. The van der Waals surface area contributed by atoms with Gasteiger partial charge in [0.25, 0.3) is 5.91 Å². The molecular weight excluding hydrogens is 424 g/mol. The number of phenolic OH excluding ortho intramolecular Hbond substituents is 1. The molecule has 6 heteroatoms. The lowest BCUT2D eigenvalue weighted by atomic mass is 10.0. The van der Waals surface area contributed by atoms with Gasteiger partial charge in [0.05, 0.1) is 11.0 Å². The van der Waals surface area contributed by atoms with Gasteiger partial charge in [-0.25, -0.2) is 4.98 Å². The van der Waals surface area contributed by atoms with Crippen molar-refractivity contribution < 1.29 is 9.90 Å². The maximum Gasteiger partial charge on any atom is 0.255 e. The Balaban J connectivity index is 1.44. The van der Waals surface area contributed by atoms with Crippen molar-refractivity contribution in [2.24, 2.45) is 0 Å². The van der Waals surface area contributed by atoms with Crippen LogP contribution in [0.2, 0.25) is 0 Å². The molecule has 1 aromatic heterocycles. The number of para-hydroxylation sites is 3. The Labute approximate surface area is 196 Å². The van der Waals surface area contributed by atoms with Crippen molar-refractivity contribution in [2.45, 2.75) is 12.6 Å². The second-order valence-electron chi connectivity index (χ2n) is 8.53. The van der Waals surface area contributed by atoms with Crippen molar-refractivity contribution in [2.75, 3.05) is 5.73 Å². The van der Waals surface area contributed by atoms with Crippen molar-refractivity contribution in [3.63, 3.8) is 0 Å². The molecule has 0 bridgehead atoms. The van der Waals surface area contributed by atoms with E-state index in [1.807, 2.05) is 78.9 Å². The van der Waals surface area contributed by atoms with Crippen LogP contribution in [0.15, 0.2) is 91.0 Å². The summed E-state index contributed by atoms with van der Waals surface area (Å²) >= 11 is 0. The van der Waals surface area contributed by atoms with Crippen molar-refractivity contribution in [3.8, 4) is 16.9 Å². The largest absolute Gasteiger partial charge is 0.508 e. The number of aromatic hydroxyl groups is 1. The molecule has 1 atom stereocenters. The fourth-order valence-corrected chi connectivity index (χ4v) is 4.67. The second kappa shape index (κ2) is 7.78. The Morgan fingerprint density at radius 1 is 0.912 bits per heavy atom. The lowest BCUT2D eigenvalue weighted by Gasteiger charge is -2.27. The van der Waals surface area contributed by atoms with Crippen LogP contribution in [0, 0.1) is 0 Å². The number of anilines is 1. The number of hydrogen-bond donors (Lipinski definition) is 3. The number of nitrogens with two attached hydrogens (primary N) is 1. The number of nitrogens with zero attached hydrogens (tertiary/aromatic N) is 2. The minimum atomic E-state index is -0.562. The van der Waals surface area contributed by atoms with E-state index in [9.17, 15) is 9.90 Å². The van der Waals surface area contributed by atoms with E-state index >= 15 is 0 Å². The number of carbonyl (C=O) groups excluding carboxylic acids is 1. The Hall–Kier alpha value is -4.58. The molecule has 0 radical (unpaired) electrons. The van der Waals surface area contributed by atoms with Crippen molar-refractivity contribution in [1.82, 2.24) is 14.9 Å². The topological polar surface area (TPSA) is 95.2 Å². The van der Waals surface area contributed by atoms with Gasteiger partial charge in [0.2, 0.25) is 0 Å². The molecule has 0 spiro atoms. The number of benzene rings is 4.